The summed E-state index contributed by atoms with van der Waals surface area (Å²) >= 11 is 5.84. The molecular formula is C15H16ClF2N3O2. The second-order valence-electron chi connectivity index (χ2n) is 5.38. The van der Waals surface area contributed by atoms with Crippen molar-refractivity contribution in [2.45, 2.75) is 25.6 Å². The third-order valence-corrected chi connectivity index (χ3v) is 3.99. The monoisotopic (exact) mass is 343 g/mol. The van der Waals surface area contributed by atoms with Gasteiger partial charge < -0.3 is 14.2 Å². The van der Waals surface area contributed by atoms with E-state index in [9.17, 15) is 8.78 Å². The zero-order valence-corrected chi connectivity index (χ0v) is 13.0. The van der Waals surface area contributed by atoms with Gasteiger partial charge in [-0.3, -0.25) is 0 Å². The van der Waals surface area contributed by atoms with E-state index in [0.29, 0.717) is 42.7 Å². The molecule has 0 unspecified atom stereocenters. The molecule has 0 radical (unpaired) electrons. The normalized spacial score (nSPS) is 18.9. The summed E-state index contributed by atoms with van der Waals surface area (Å²) in [6.07, 6.45) is 0.786. The fraction of sp³-hybridized carbons (Fsp3) is 0.467. The van der Waals surface area contributed by atoms with Crippen molar-refractivity contribution in [2.75, 3.05) is 19.6 Å². The highest BCUT2D eigenvalue weighted by molar-refractivity contribution is 6.30. The van der Waals surface area contributed by atoms with E-state index in [0.717, 1.165) is 12.1 Å². The summed E-state index contributed by atoms with van der Waals surface area (Å²) < 4.78 is 34.1. The molecule has 1 aromatic heterocycles. The molecule has 8 heteroatoms. The zero-order chi connectivity index (χ0) is 16.2. The maximum Gasteiger partial charge on any atom is 0.345 e. The van der Waals surface area contributed by atoms with Gasteiger partial charge in [-0.15, -0.1) is 0 Å². The van der Waals surface area contributed by atoms with E-state index in [2.05, 4.69) is 19.8 Å². The first-order chi connectivity index (χ1) is 11.1. The summed E-state index contributed by atoms with van der Waals surface area (Å²) in [6.45, 7) is -0.804. The van der Waals surface area contributed by atoms with E-state index in [1.807, 2.05) is 12.1 Å². The van der Waals surface area contributed by atoms with E-state index in [4.69, 9.17) is 16.1 Å². The van der Waals surface area contributed by atoms with Gasteiger partial charge in [-0.2, -0.15) is 13.8 Å². The van der Waals surface area contributed by atoms with Crippen LogP contribution >= 0.6 is 11.6 Å². The Hall–Kier alpha value is -1.57. The van der Waals surface area contributed by atoms with Crippen molar-refractivity contribution in [3.8, 4) is 11.4 Å². The van der Waals surface area contributed by atoms with E-state index < -0.39 is 12.7 Å². The van der Waals surface area contributed by atoms with Crippen molar-refractivity contribution < 1.29 is 18.0 Å². The van der Waals surface area contributed by atoms with Crippen LogP contribution in [0.2, 0.25) is 5.02 Å². The SMILES string of the molecule is FC(F)O[C@H]1CCN(CCc2nc(-c3ccc(Cl)cc3)no2)C1. The number of hydrogen-bond donors (Lipinski definition) is 0. The molecule has 1 aromatic carbocycles. The maximum absolute atomic E-state index is 12.2. The molecule has 1 aliphatic rings. The minimum atomic E-state index is -2.71. The molecule has 0 saturated carbocycles. The van der Waals surface area contributed by atoms with Gasteiger partial charge in [-0.25, -0.2) is 0 Å². The number of rotatable bonds is 6. The Bertz CT molecular complexity index is 636. The Morgan fingerprint density at radius 2 is 2.13 bits per heavy atom. The molecule has 23 heavy (non-hydrogen) atoms. The fourth-order valence-electron chi connectivity index (χ4n) is 2.58. The molecule has 124 valence electrons. The Kier molecular flexibility index (Phi) is 5.20. The van der Waals surface area contributed by atoms with Crippen molar-refractivity contribution in [3.63, 3.8) is 0 Å². The fourth-order valence-corrected chi connectivity index (χ4v) is 2.71. The van der Waals surface area contributed by atoms with Gasteiger partial charge in [0.05, 0.1) is 6.10 Å². The summed E-state index contributed by atoms with van der Waals surface area (Å²) in [4.78, 5) is 6.39. The lowest BCUT2D eigenvalue weighted by atomic mass is 10.2. The minimum Gasteiger partial charge on any atom is -0.339 e. The first-order valence-electron chi connectivity index (χ1n) is 7.34. The van der Waals surface area contributed by atoms with Gasteiger partial charge in [0, 0.05) is 36.6 Å². The molecule has 0 aliphatic carbocycles. The lowest BCUT2D eigenvalue weighted by molar-refractivity contribution is -0.158. The Balaban J connectivity index is 1.51. The molecule has 0 spiro atoms. The molecule has 2 aromatic rings. The Morgan fingerprint density at radius 1 is 1.35 bits per heavy atom. The van der Waals surface area contributed by atoms with Gasteiger partial charge >= 0.3 is 6.61 Å². The van der Waals surface area contributed by atoms with Crippen LogP contribution in [-0.2, 0) is 11.2 Å². The molecule has 0 N–H and O–H groups in total. The van der Waals surface area contributed by atoms with E-state index in [1.165, 1.54) is 0 Å². The van der Waals surface area contributed by atoms with Crippen LogP contribution in [0.5, 0.6) is 0 Å². The molecule has 2 heterocycles. The van der Waals surface area contributed by atoms with Crippen molar-refractivity contribution in [1.29, 1.82) is 0 Å². The predicted molar refractivity (Wildman–Crippen MR) is 80.4 cm³/mol. The number of alkyl halides is 2. The molecule has 1 saturated heterocycles. The molecular weight excluding hydrogens is 328 g/mol. The van der Waals surface area contributed by atoms with Crippen LogP contribution < -0.4 is 0 Å². The van der Waals surface area contributed by atoms with E-state index in [-0.39, 0.29) is 0 Å². The average molecular weight is 344 g/mol. The molecule has 3 rings (SSSR count). The summed E-state index contributed by atoms with van der Waals surface area (Å²) in [7, 11) is 0. The topological polar surface area (TPSA) is 51.4 Å². The number of nitrogens with zero attached hydrogens (tertiary/aromatic N) is 3. The predicted octanol–water partition coefficient (Wildman–Crippen LogP) is 3.25. The third-order valence-electron chi connectivity index (χ3n) is 3.74. The highest BCUT2D eigenvalue weighted by Crippen LogP contribution is 2.19. The van der Waals surface area contributed by atoms with Gasteiger partial charge in [0.15, 0.2) is 0 Å². The molecule has 1 fully saturated rings. The molecule has 1 atom stereocenters. The summed E-state index contributed by atoms with van der Waals surface area (Å²) in [5.74, 6) is 1.03. The van der Waals surface area contributed by atoms with Crippen LogP contribution in [0.25, 0.3) is 11.4 Å². The van der Waals surface area contributed by atoms with Crippen LogP contribution in [0.3, 0.4) is 0 Å². The number of aromatic nitrogens is 2. The number of halogens is 3. The molecule has 0 bridgehead atoms. The first-order valence-corrected chi connectivity index (χ1v) is 7.72. The molecule has 5 nitrogen and oxygen atoms in total. The molecule has 1 aliphatic heterocycles. The average Bonchev–Trinajstić information content (AvgIpc) is 3.14. The van der Waals surface area contributed by atoms with Crippen molar-refractivity contribution >= 4 is 11.6 Å². The maximum atomic E-state index is 12.2. The van der Waals surface area contributed by atoms with Crippen LogP contribution in [0.1, 0.15) is 12.3 Å². The van der Waals surface area contributed by atoms with Crippen LogP contribution in [0, 0.1) is 0 Å². The van der Waals surface area contributed by atoms with Gasteiger partial charge in [0.2, 0.25) is 11.7 Å². The molecule has 0 amide bonds. The summed E-state index contributed by atoms with van der Waals surface area (Å²) in [5.41, 5.74) is 0.830. The van der Waals surface area contributed by atoms with Crippen LogP contribution in [0.15, 0.2) is 28.8 Å². The minimum absolute atomic E-state index is 0.401. The smallest absolute Gasteiger partial charge is 0.339 e. The number of likely N-dealkylation sites (tertiary alicyclic amines) is 1. The van der Waals surface area contributed by atoms with Gasteiger partial charge in [-0.1, -0.05) is 16.8 Å². The summed E-state index contributed by atoms with van der Waals surface area (Å²) in [5, 5.41) is 4.59. The van der Waals surface area contributed by atoms with Crippen LogP contribution in [-0.4, -0.2) is 47.4 Å². The third kappa shape index (κ3) is 4.46. The van der Waals surface area contributed by atoms with E-state index in [1.54, 1.807) is 12.1 Å². The first kappa shape index (κ1) is 16.3. The second kappa shape index (κ2) is 7.33. The van der Waals surface area contributed by atoms with Crippen LogP contribution in [0.4, 0.5) is 8.78 Å². The largest absolute Gasteiger partial charge is 0.345 e. The second-order valence-corrected chi connectivity index (χ2v) is 5.81. The van der Waals surface area contributed by atoms with Crippen molar-refractivity contribution in [3.05, 3.63) is 35.2 Å². The van der Waals surface area contributed by atoms with Crippen molar-refractivity contribution in [1.82, 2.24) is 15.0 Å². The van der Waals surface area contributed by atoms with Crippen molar-refractivity contribution in [2.24, 2.45) is 0 Å². The number of hydrogen-bond acceptors (Lipinski definition) is 5. The highest BCUT2D eigenvalue weighted by atomic mass is 35.5. The Labute approximate surface area is 137 Å². The number of benzene rings is 1. The zero-order valence-electron chi connectivity index (χ0n) is 12.3. The quantitative estimate of drug-likeness (QED) is 0.806. The van der Waals surface area contributed by atoms with Gasteiger partial charge in [0.25, 0.3) is 0 Å². The van der Waals surface area contributed by atoms with Gasteiger partial charge in [0.1, 0.15) is 0 Å². The standard InChI is InChI=1S/C15H16ClF2N3O2/c16-11-3-1-10(2-4-11)14-19-13(23-20-14)6-8-21-7-5-12(9-21)22-15(17)18/h1-4,12,15H,5-9H2/t12-/m0/s1. The summed E-state index contributed by atoms with van der Waals surface area (Å²) in [6, 6.07) is 7.17. The lowest BCUT2D eigenvalue weighted by Gasteiger charge is -2.14. The van der Waals surface area contributed by atoms with E-state index >= 15 is 0 Å². The van der Waals surface area contributed by atoms with Gasteiger partial charge in [-0.05, 0) is 30.7 Å². The Morgan fingerprint density at radius 3 is 2.87 bits per heavy atom. The highest BCUT2D eigenvalue weighted by Gasteiger charge is 2.25. The lowest BCUT2D eigenvalue weighted by Crippen LogP contribution is -2.26. The number of ether oxygens (including phenoxy) is 1.